The highest BCUT2D eigenvalue weighted by Gasteiger charge is 2.30. The summed E-state index contributed by atoms with van der Waals surface area (Å²) in [6.45, 7) is 12.5. The van der Waals surface area contributed by atoms with E-state index < -0.39 is 0 Å². The molecule has 1 fully saturated rings. The molecule has 2 heterocycles. The van der Waals surface area contributed by atoms with Gasteiger partial charge in [0.15, 0.2) is 11.6 Å². The predicted molar refractivity (Wildman–Crippen MR) is 190 cm³/mol. The second kappa shape index (κ2) is 15.8. The third kappa shape index (κ3) is 8.01. The molecule has 0 bridgehead atoms. The van der Waals surface area contributed by atoms with Gasteiger partial charge in [0, 0.05) is 29.3 Å². The van der Waals surface area contributed by atoms with Crippen LogP contribution >= 0.6 is 0 Å². The zero-order valence-corrected chi connectivity index (χ0v) is 29.2. The van der Waals surface area contributed by atoms with Crippen LogP contribution in [-0.2, 0) is 9.59 Å². The Balaban J connectivity index is 1.43. The fraction of sp³-hybridized carbons (Fsp3) is 0.500. The van der Waals surface area contributed by atoms with Gasteiger partial charge in [-0.25, -0.2) is 4.98 Å². The molecule has 2 unspecified atom stereocenters. The number of rotatable bonds is 10. The van der Waals surface area contributed by atoms with Crippen molar-refractivity contribution in [3.05, 3.63) is 88.1 Å². The number of nitrogens with one attached hydrogen (secondary N) is 1. The van der Waals surface area contributed by atoms with Crippen LogP contribution in [0.25, 0.3) is 5.57 Å². The van der Waals surface area contributed by atoms with E-state index >= 15 is 0 Å². The number of carbonyl (C=O) groups excluding carboxylic acids is 2. The van der Waals surface area contributed by atoms with Gasteiger partial charge in [0.25, 0.3) is 0 Å². The summed E-state index contributed by atoms with van der Waals surface area (Å²) in [5.41, 5.74) is 9.17. The lowest BCUT2D eigenvalue weighted by atomic mass is 9.85. The number of aryl methyl sites for hydroxylation is 1. The summed E-state index contributed by atoms with van der Waals surface area (Å²) in [5, 5.41) is 3.76. The lowest BCUT2D eigenvalue weighted by Crippen LogP contribution is -2.45. The van der Waals surface area contributed by atoms with Crippen molar-refractivity contribution < 1.29 is 14.3 Å². The Morgan fingerprint density at radius 1 is 1.13 bits per heavy atom. The molecular weight excluding hydrogens is 584 g/mol. The summed E-state index contributed by atoms with van der Waals surface area (Å²) in [6, 6.07) is 6.66. The molecule has 7 heteroatoms. The van der Waals surface area contributed by atoms with E-state index in [1.807, 2.05) is 6.92 Å². The summed E-state index contributed by atoms with van der Waals surface area (Å²) >= 11 is 0. The molecule has 5 rings (SSSR count). The van der Waals surface area contributed by atoms with Crippen molar-refractivity contribution in [1.82, 2.24) is 14.9 Å². The molecule has 1 aliphatic heterocycles. The fourth-order valence-corrected chi connectivity index (χ4v) is 7.23. The first-order chi connectivity index (χ1) is 22.7. The minimum Gasteiger partial charge on any atom is -0.480 e. The van der Waals surface area contributed by atoms with E-state index in [2.05, 4.69) is 79.3 Å². The maximum absolute atomic E-state index is 13.9. The van der Waals surface area contributed by atoms with Crippen molar-refractivity contribution >= 4 is 22.8 Å². The summed E-state index contributed by atoms with van der Waals surface area (Å²) < 4.78 is 5.39. The highest BCUT2D eigenvalue weighted by molar-refractivity contribution is 6.03. The van der Waals surface area contributed by atoms with Crippen molar-refractivity contribution in [2.24, 2.45) is 5.92 Å². The first-order valence-electron chi connectivity index (χ1n) is 17.6. The Morgan fingerprint density at radius 2 is 1.91 bits per heavy atom. The Morgan fingerprint density at radius 3 is 2.62 bits per heavy atom. The molecule has 3 aliphatic rings. The largest absolute Gasteiger partial charge is 0.480 e. The number of methoxy groups -OCH3 is 1. The molecule has 2 aliphatic carbocycles. The lowest BCUT2D eigenvalue weighted by molar-refractivity contribution is -0.127. The topological polar surface area (TPSA) is 84.4 Å². The van der Waals surface area contributed by atoms with Crippen LogP contribution in [0, 0.1) is 12.8 Å². The number of Topliss-reactive ketones (excluding diaryl/α,β-unsaturated/α-hetero) is 2. The molecule has 1 saturated heterocycles. The Kier molecular flexibility index (Phi) is 11.6. The second-order valence-corrected chi connectivity index (χ2v) is 13.4. The number of ether oxygens (including phenoxy) is 1. The van der Waals surface area contributed by atoms with Gasteiger partial charge in [-0.3, -0.25) is 19.5 Å². The van der Waals surface area contributed by atoms with Gasteiger partial charge in [-0.1, -0.05) is 39.0 Å². The number of carbonyl (C=O) groups is 2. The third-order valence-corrected chi connectivity index (χ3v) is 10.4. The molecule has 2 aromatic rings. The van der Waals surface area contributed by atoms with Crippen molar-refractivity contribution in [1.29, 1.82) is 0 Å². The van der Waals surface area contributed by atoms with Crippen LogP contribution < -0.4 is 10.1 Å². The fourth-order valence-electron chi connectivity index (χ4n) is 7.23. The van der Waals surface area contributed by atoms with E-state index in [-0.39, 0.29) is 17.7 Å². The molecule has 1 aromatic heterocycles. The van der Waals surface area contributed by atoms with Gasteiger partial charge >= 0.3 is 0 Å². The number of piperidine rings is 1. The third-order valence-electron chi connectivity index (χ3n) is 10.4. The van der Waals surface area contributed by atoms with Gasteiger partial charge in [-0.2, -0.15) is 0 Å². The Labute approximate surface area is 281 Å². The van der Waals surface area contributed by atoms with Crippen molar-refractivity contribution in [2.75, 3.05) is 25.5 Å². The number of ketones is 2. The summed E-state index contributed by atoms with van der Waals surface area (Å²) in [5.74, 6) is 1.60. The standard InChI is InChI=1S/C40H52N4O3/c1-7-26(3)40(46)28(5)44-19-17-30(18-20-44)34-16-15-33(21-27(34)4)42-39-29(8-2)22-32(35-24-41-25-37(43-35)47-6)23-31-13-11-9-10-12-14-36(45)38(31)39/h11,13,15-16,21,23-26,28,30,42H,7-10,12,14,17-20,22H2,1-6H3/b13-11-. The van der Waals surface area contributed by atoms with Crippen molar-refractivity contribution in [3.8, 4) is 5.88 Å². The molecule has 0 radical (unpaired) electrons. The minimum atomic E-state index is -0.0144. The van der Waals surface area contributed by atoms with E-state index in [0.29, 0.717) is 30.4 Å². The van der Waals surface area contributed by atoms with Gasteiger partial charge in [-0.05, 0) is 130 Å². The first-order valence-corrected chi connectivity index (χ1v) is 17.6. The molecule has 0 saturated carbocycles. The molecular formula is C40H52N4O3. The highest BCUT2D eigenvalue weighted by Crippen LogP contribution is 2.38. The summed E-state index contributed by atoms with van der Waals surface area (Å²) in [7, 11) is 1.60. The zero-order valence-electron chi connectivity index (χ0n) is 29.2. The maximum atomic E-state index is 13.9. The van der Waals surface area contributed by atoms with Crippen LogP contribution in [0.2, 0.25) is 0 Å². The Bertz CT molecular complexity index is 1590. The van der Waals surface area contributed by atoms with Crippen molar-refractivity contribution in [3.63, 3.8) is 0 Å². The SMILES string of the molecule is CCC1=C(Nc2ccc(C3CCN(C(C)C(=O)C(C)CC)CC3)c(C)c2)C2=C(C=C(c3cncc(OC)n3)C1)/C=C\CCCCC2=O. The number of aromatic nitrogens is 2. The molecule has 0 amide bonds. The average molecular weight is 637 g/mol. The van der Waals surface area contributed by atoms with Gasteiger partial charge in [0.05, 0.1) is 31.2 Å². The van der Waals surface area contributed by atoms with Crippen LogP contribution in [0.15, 0.2) is 71.2 Å². The molecule has 47 heavy (non-hydrogen) atoms. The first kappa shape index (κ1) is 34.5. The van der Waals surface area contributed by atoms with E-state index in [1.165, 1.54) is 16.7 Å². The number of hydrogen-bond acceptors (Lipinski definition) is 7. The molecule has 1 N–H and O–H groups in total. The van der Waals surface area contributed by atoms with Gasteiger partial charge < -0.3 is 10.1 Å². The number of benzene rings is 1. The minimum absolute atomic E-state index is 0.0144. The highest BCUT2D eigenvalue weighted by atomic mass is 16.5. The molecule has 1 aromatic carbocycles. The quantitative estimate of drug-likeness (QED) is 0.280. The van der Waals surface area contributed by atoms with Gasteiger partial charge in [-0.15, -0.1) is 0 Å². The van der Waals surface area contributed by atoms with Crippen LogP contribution in [0.3, 0.4) is 0 Å². The maximum Gasteiger partial charge on any atom is 0.232 e. The number of likely N-dealkylation sites (tertiary alicyclic amines) is 1. The van der Waals surface area contributed by atoms with E-state index in [4.69, 9.17) is 9.72 Å². The van der Waals surface area contributed by atoms with Crippen LogP contribution in [0.4, 0.5) is 5.69 Å². The number of nitrogens with zero attached hydrogens (tertiary/aromatic N) is 3. The normalized spacial score (nSPS) is 20.3. The zero-order chi connectivity index (χ0) is 33.5. The van der Waals surface area contributed by atoms with Crippen LogP contribution in [-0.4, -0.2) is 52.7 Å². The van der Waals surface area contributed by atoms with E-state index in [0.717, 1.165) is 91.8 Å². The van der Waals surface area contributed by atoms with Gasteiger partial charge in [0.2, 0.25) is 5.88 Å². The average Bonchev–Trinajstić information content (AvgIpc) is 3.18. The summed E-state index contributed by atoms with van der Waals surface area (Å²) in [4.78, 5) is 38.2. The van der Waals surface area contributed by atoms with Crippen LogP contribution in [0.5, 0.6) is 5.88 Å². The predicted octanol–water partition coefficient (Wildman–Crippen LogP) is 8.54. The summed E-state index contributed by atoms with van der Waals surface area (Å²) in [6.07, 6.45) is 17.6. The smallest absolute Gasteiger partial charge is 0.232 e. The van der Waals surface area contributed by atoms with E-state index in [1.54, 1.807) is 19.5 Å². The molecule has 0 spiro atoms. The molecule has 7 nitrogen and oxygen atoms in total. The lowest BCUT2D eigenvalue weighted by Gasteiger charge is -2.36. The van der Waals surface area contributed by atoms with Crippen molar-refractivity contribution in [2.45, 2.75) is 104 Å². The number of allylic oxidation sites excluding steroid dienone is 7. The van der Waals surface area contributed by atoms with E-state index in [9.17, 15) is 9.59 Å². The monoisotopic (exact) mass is 636 g/mol. The molecule has 250 valence electrons. The second-order valence-electron chi connectivity index (χ2n) is 13.4. The van der Waals surface area contributed by atoms with Gasteiger partial charge in [0.1, 0.15) is 0 Å². The Hall–Kier alpha value is -3.84. The number of anilines is 1. The number of hydrogen-bond donors (Lipinski definition) is 1. The van der Waals surface area contributed by atoms with Crippen LogP contribution in [0.1, 0.15) is 108 Å². The molecule has 2 atom stereocenters.